The lowest BCUT2D eigenvalue weighted by molar-refractivity contribution is 0.0878. The van der Waals surface area contributed by atoms with Gasteiger partial charge in [0.1, 0.15) is 18.5 Å². The van der Waals surface area contributed by atoms with E-state index in [0.29, 0.717) is 25.9 Å². The van der Waals surface area contributed by atoms with E-state index in [1.807, 2.05) is 12.1 Å². The Hall–Kier alpha value is -1.06. The molecule has 3 nitrogen and oxygen atoms in total. The lowest BCUT2D eigenvalue weighted by Crippen LogP contribution is -2.10. The van der Waals surface area contributed by atoms with Crippen LogP contribution < -0.4 is 4.74 Å². The van der Waals surface area contributed by atoms with Gasteiger partial charge in [0.2, 0.25) is 0 Å². The first-order chi connectivity index (χ1) is 7.88. The summed E-state index contributed by atoms with van der Waals surface area (Å²) in [5, 5.41) is 0. The Bertz CT molecular complexity index is 303. The standard InChI is InChI=1S/C13H18O3/c1-2-11-3-5-12(6-4-11)15-8-7-14-9-13-10-16-13/h3-6,13H,2,7-10H2,1H3. The maximum absolute atomic E-state index is 5.54. The van der Waals surface area contributed by atoms with Crippen molar-refractivity contribution in [2.45, 2.75) is 19.4 Å². The summed E-state index contributed by atoms with van der Waals surface area (Å²) in [6.45, 7) is 4.90. The number of benzene rings is 1. The summed E-state index contributed by atoms with van der Waals surface area (Å²) < 4.78 is 15.9. The first-order valence-corrected chi connectivity index (χ1v) is 5.79. The van der Waals surface area contributed by atoms with Gasteiger partial charge in [-0.3, -0.25) is 0 Å². The highest BCUT2D eigenvalue weighted by atomic mass is 16.6. The molecule has 0 saturated carbocycles. The van der Waals surface area contributed by atoms with Gasteiger partial charge in [0.15, 0.2) is 0 Å². The monoisotopic (exact) mass is 222 g/mol. The molecule has 2 rings (SSSR count). The average molecular weight is 222 g/mol. The van der Waals surface area contributed by atoms with Gasteiger partial charge in [-0.25, -0.2) is 0 Å². The van der Waals surface area contributed by atoms with Crippen molar-refractivity contribution in [1.82, 2.24) is 0 Å². The van der Waals surface area contributed by atoms with Crippen LogP contribution in [0.2, 0.25) is 0 Å². The highest BCUT2D eigenvalue weighted by Crippen LogP contribution is 2.12. The van der Waals surface area contributed by atoms with Gasteiger partial charge in [-0.1, -0.05) is 19.1 Å². The molecule has 0 radical (unpaired) electrons. The zero-order chi connectivity index (χ0) is 11.2. The average Bonchev–Trinajstić information content (AvgIpc) is 3.13. The van der Waals surface area contributed by atoms with Crippen LogP contribution in [0, 0.1) is 0 Å². The molecule has 0 aliphatic carbocycles. The van der Waals surface area contributed by atoms with Crippen LogP contribution in [0.25, 0.3) is 0 Å². The first-order valence-electron chi connectivity index (χ1n) is 5.79. The van der Waals surface area contributed by atoms with Gasteiger partial charge in [0.05, 0.1) is 19.8 Å². The van der Waals surface area contributed by atoms with Gasteiger partial charge < -0.3 is 14.2 Å². The quantitative estimate of drug-likeness (QED) is 0.522. The molecule has 1 unspecified atom stereocenters. The van der Waals surface area contributed by atoms with Gasteiger partial charge in [-0.15, -0.1) is 0 Å². The molecule has 0 spiro atoms. The van der Waals surface area contributed by atoms with E-state index in [2.05, 4.69) is 19.1 Å². The Morgan fingerprint density at radius 1 is 1.25 bits per heavy atom. The maximum Gasteiger partial charge on any atom is 0.119 e. The number of aryl methyl sites for hydroxylation is 1. The van der Waals surface area contributed by atoms with Crippen molar-refractivity contribution in [3.8, 4) is 5.75 Å². The summed E-state index contributed by atoms with van der Waals surface area (Å²) in [6, 6.07) is 8.19. The predicted molar refractivity (Wildman–Crippen MR) is 61.9 cm³/mol. The number of hydrogen-bond donors (Lipinski definition) is 0. The molecule has 1 aromatic rings. The van der Waals surface area contributed by atoms with E-state index in [1.165, 1.54) is 5.56 Å². The van der Waals surface area contributed by atoms with E-state index >= 15 is 0 Å². The molecule has 1 fully saturated rings. The molecule has 1 aromatic carbocycles. The molecule has 3 heteroatoms. The molecular formula is C13H18O3. The second kappa shape index (κ2) is 5.87. The predicted octanol–water partition coefficient (Wildman–Crippen LogP) is 2.04. The molecule has 16 heavy (non-hydrogen) atoms. The number of rotatable bonds is 7. The van der Waals surface area contributed by atoms with Crippen molar-refractivity contribution in [2.75, 3.05) is 26.4 Å². The summed E-state index contributed by atoms with van der Waals surface area (Å²) in [5.41, 5.74) is 1.33. The maximum atomic E-state index is 5.54. The van der Waals surface area contributed by atoms with Crippen LogP contribution in [-0.4, -0.2) is 32.5 Å². The highest BCUT2D eigenvalue weighted by molar-refractivity contribution is 5.27. The van der Waals surface area contributed by atoms with Crippen molar-refractivity contribution in [3.63, 3.8) is 0 Å². The third-order valence-corrected chi connectivity index (χ3v) is 2.53. The van der Waals surface area contributed by atoms with Crippen molar-refractivity contribution in [2.24, 2.45) is 0 Å². The molecule has 1 aliphatic rings. The zero-order valence-electron chi connectivity index (χ0n) is 9.65. The Kier molecular flexibility index (Phi) is 4.19. The molecular weight excluding hydrogens is 204 g/mol. The van der Waals surface area contributed by atoms with Crippen LogP contribution in [0.1, 0.15) is 12.5 Å². The number of epoxide rings is 1. The van der Waals surface area contributed by atoms with Gasteiger partial charge in [-0.2, -0.15) is 0 Å². The molecule has 0 N–H and O–H groups in total. The van der Waals surface area contributed by atoms with Gasteiger partial charge in [0.25, 0.3) is 0 Å². The van der Waals surface area contributed by atoms with Crippen molar-refractivity contribution < 1.29 is 14.2 Å². The van der Waals surface area contributed by atoms with Crippen LogP contribution in [0.15, 0.2) is 24.3 Å². The highest BCUT2D eigenvalue weighted by Gasteiger charge is 2.21. The zero-order valence-corrected chi connectivity index (χ0v) is 9.65. The summed E-state index contributed by atoms with van der Waals surface area (Å²) in [5.74, 6) is 0.906. The van der Waals surface area contributed by atoms with Gasteiger partial charge in [0, 0.05) is 0 Å². The minimum absolute atomic E-state index is 0.337. The minimum atomic E-state index is 0.337. The van der Waals surface area contributed by atoms with Gasteiger partial charge in [-0.05, 0) is 24.1 Å². The molecule has 1 aliphatic heterocycles. The largest absolute Gasteiger partial charge is 0.491 e. The normalized spacial score (nSPS) is 18.4. The second-order valence-corrected chi connectivity index (χ2v) is 3.88. The smallest absolute Gasteiger partial charge is 0.119 e. The molecule has 1 saturated heterocycles. The van der Waals surface area contributed by atoms with E-state index in [0.717, 1.165) is 18.8 Å². The minimum Gasteiger partial charge on any atom is -0.491 e. The first kappa shape index (κ1) is 11.4. The fourth-order valence-electron chi connectivity index (χ4n) is 1.42. The third kappa shape index (κ3) is 3.83. The van der Waals surface area contributed by atoms with Crippen LogP contribution in [0.4, 0.5) is 0 Å². The lowest BCUT2D eigenvalue weighted by Gasteiger charge is -2.06. The Balaban J connectivity index is 1.60. The molecule has 0 amide bonds. The molecule has 0 bridgehead atoms. The van der Waals surface area contributed by atoms with E-state index in [1.54, 1.807) is 0 Å². The van der Waals surface area contributed by atoms with Gasteiger partial charge >= 0.3 is 0 Å². The van der Waals surface area contributed by atoms with Crippen molar-refractivity contribution in [3.05, 3.63) is 29.8 Å². The fourth-order valence-corrected chi connectivity index (χ4v) is 1.42. The van der Waals surface area contributed by atoms with Crippen LogP contribution in [-0.2, 0) is 15.9 Å². The van der Waals surface area contributed by atoms with E-state index in [9.17, 15) is 0 Å². The topological polar surface area (TPSA) is 31.0 Å². The third-order valence-electron chi connectivity index (χ3n) is 2.53. The second-order valence-electron chi connectivity index (χ2n) is 3.88. The van der Waals surface area contributed by atoms with Crippen LogP contribution >= 0.6 is 0 Å². The molecule has 1 atom stereocenters. The van der Waals surface area contributed by atoms with Crippen LogP contribution in [0.5, 0.6) is 5.75 Å². The van der Waals surface area contributed by atoms with E-state index in [4.69, 9.17) is 14.2 Å². The van der Waals surface area contributed by atoms with Crippen molar-refractivity contribution in [1.29, 1.82) is 0 Å². The molecule has 1 heterocycles. The summed E-state index contributed by atoms with van der Waals surface area (Å²) >= 11 is 0. The van der Waals surface area contributed by atoms with E-state index < -0.39 is 0 Å². The molecule has 0 aromatic heterocycles. The Morgan fingerprint density at radius 2 is 2.00 bits per heavy atom. The summed E-state index contributed by atoms with van der Waals surface area (Å²) in [6.07, 6.45) is 1.40. The Labute approximate surface area is 96.3 Å². The van der Waals surface area contributed by atoms with Crippen LogP contribution in [0.3, 0.4) is 0 Å². The number of hydrogen-bond acceptors (Lipinski definition) is 3. The molecule has 88 valence electrons. The lowest BCUT2D eigenvalue weighted by atomic mass is 10.2. The van der Waals surface area contributed by atoms with E-state index in [-0.39, 0.29) is 0 Å². The number of ether oxygens (including phenoxy) is 3. The van der Waals surface area contributed by atoms with Crippen molar-refractivity contribution >= 4 is 0 Å². The SMILES string of the molecule is CCc1ccc(OCCOCC2CO2)cc1. The summed E-state index contributed by atoms with van der Waals surface area (Å²) in [4.78, 5) is 0. The summed E-state index contributed by atoms with van der Waals surface area (Å²) in [7, 11) is 0. The fraction of sp³-hybridized carbons (Fsp3) is 0.538. The Morgan fingerprint density at radius 3 is 2.62 bits per heavy atom.